The first kappa shape index (κ1) is 20.8. The van der Waals surface area contributed by atoms with Gasteiger partial charge in [-0.1, -0.05) is 47.5 Å². The molecule has 4 nitrogen and oxygen atoms in total. The van der Waals surface area contributed by atoms with Gasteiger partial charge in [0.2, 0.25) is 0 Å². The molecule has 0 rings (SSSR count). The molecule has 4 heteroatoms. The van der Waals surface area contributed by atoms with E-state index in [1.54, 1.807) is 0 Å². The van der Waals surface area contributed by atoms with E-state index in [-0.39, 0.29) is 18.1 Å². The standard InChI is InChI=1S/C18H32O4/c1-13(2)16(20)11-9-7-6-8-10-14(19)12-15(17(21)22)18(3,4)5/h13,15H,6-12H2,1-5H3,(H,21,22). The van der Waals surface area contributed by atoms with Gasteiger partial charge in [0.05, 0.1) is 5.92 Å². The maximum Gasteiger partial charge on any atom is 0.307 e. The fraction of sp³-hybridized carbons (Fsp3) is 0.833. The normalized spacial score (nSPS) is 13.2. The molecule has 0 saturated heterocycles. The highest BCUT2D eigenvalue weighted by atomic mass is 16.4. The van der Waals surface area contributed by atoms with Crippen molar-refractivity contribution >= 4 is 17.5 Å². The van der Waals surface area contributed by atoms with Crippen LogP contribution in [-0.4, -0.2) is 22.6 Å². The molecule has 1 N–H and O–H groups in total. The van der Waals surface area contributed by atoms with Gasteiger partial charge in [0.15, 0.2) is 0 Å². The van der Waals surface area contributed by atoms with Crippen molar-refractivity contribution in [1.82, 2.24) is 0 Å². The molecule has 0 amide bonds. The minimum Gasteiger partial charge on any atom is -0.481 e. The Bertz CT molecular complexity index is 377. The lowest BCUT2D eigenvalue weighted by atomic mass is 9.77. The molecule has 128 valence electrons. The second-order valence-electron chi connectivity index (χ2n) is 7.53. The second-order valence-corrected chi connectivity index (χ2v) is 7.53. The van der Waals surface area contributed by atoms with Crippen molar-refractivity contribution in [3.05, 3.63) is 0 Å². The van der Waals surface area contributed by atoms with E-state index >= 15 is 0 Å². The predicted octanol–water partition coefficient (Wildman–Crippen LogP) is 4.26. The third-order valence-corrected chi connectivity index (χ3v) is 4.05. The second kappa shape index (κ2) is 9.75. The lowest BCUT2D eigenvalue weighted by Crippen LogP contribution is -2.30. The largest absolute Gasteiger partial charge is 0.481 e. The summed E-state index contributed by atoms with van der Waals surface area (Å²) in [6, 6.07) is 0. The molecule has 0 aliphatic rings. The van der Waals surface area contributed by atoms with E-state index in [0.29, 0.717) is 18.6 Å². The number of carbonyl (C=O) groups excluding carboxylic acids is 2. The van der Waals surface area contributed by atoms with Crippen LogP contribution in [0.3, 0.4) is 0 Å². The van der Waals surface area contributed by atoms with E-state index in [1.165, 1.54) is 0 Å². The van der Waals surface area contributed by atoms with Gasteiger partial charge in [0.1, 0.15) is 11.6 Å². The fourth-order valence-electron chi connectivity index (χ4n) is 2.36. The van der Waals surface area contributed by atoms with Crippen LogP contribution in [0.1, 0.15) is 79.6 Å². The Morgan fingerprint density at radius 1 is 0.909 bits per heavy atom. The number of carbonyl (C=O) groups is 3. The van der Waals surface area contributed by atoms with Gasteiger partial charge in [0, 0.05) is 25.2 Å². The zero-order valence-corrected chi connectivity index (χ0v) is 14.8. The van der Waals surface area contributed by atoms with Crippen LogP contribution in [0.4, 0.5) is 0 Å². The molecule has 0 aliphatic heterocycles. The summed E-state index contributed by atoms with van der Waals surface area (Å²) in [6.45, 7) is 9.38. The van der Waals surface area contributed by atoms with Gasteiger partial charge >= 0.3 is 5.97 Å². The maximum atomic E-state index is 11.9. The first-order valence-corrected chi connectivity index (χ1v) is 8.33. The van der Waals surface area contributed by atoms with E-state index < -0.39 is 17.3 Å². The minimum absolute atomic E-state index is 0.0283. The number of hydrogen-bond acceptors (Lipinski definition) is 3. The Morgan fingerprint density at radius 2 is 1.41 bits per heavy atom. The van der Waals surface area contributed by atoms with Crippen LogP contribution in [-0.2, 0) is 14.4 Å². The molecule has 0 bridgehead atoms. The van der Waals surface area contributed by atoms with E-state index in [9.17, 15) is 19.5 Å². The third kappa shape index (κ3) is 8.96. The summed E-state index contributed by atoms with van der Waals surface area (Å²) in [4.78, 5) is 34.6. The lowest BCUT2D eigenvalue weighted by molar-refractivity contribution is -0.147. The number of unbranched alkanes of at least 4 members (excludes halogenated alkanes) is 3. The molecule has 0 saturated carbocycles. The highest BCUT2D eigenvalue weighted by Gasteiger charge is 2.32. The smallest absolute Gasteiger partial charge is 0.307 e. The van der Waals surface area contributed by atoms with E-state index in [0.717, 1.165) is 25.7 Å². The van der Waals surface area contributed by atoms with Gasteiger partial charge in [-0.25, -0.2) is 0 Å². The number of ketones is 2. The zero-order valence-electron chi connectivity index (χ0n) is 14.8. The Balaban J connectivity index is 3.91. The quantitative estimate of drug-likeness (QED) is 0.579. The van der Waals surface area contributed by atoms with E-state index in [2.05, 4.69) is 0 Å². The van der Waals surface area contributed by atoms with Gasteiger partial charge in [-0.05, 0) is 18.3 Å². The molecule has 0 aromatic heterocycles. The number of carboxylic acids is 1. The van der Waals surface area contributed by atoms with Gasteiger partial charge < -0.3 is 5.11 Å². The Morgan fingerprint density at radius 3 is 1.82 bits per heavy atom. The van der Waals surface area contributed by atoms with E-state index in [1.807, 2.05) is 34.6 Å². The predicted molar refractivity (Wildman–Crippen MR) is 87.8 cm³/mol. The van der Waals surface area contributed by atoms with Crippen molar-refractivity contribution in [2.75, 3.05) is 0 Å². The summed E-state index contributed by atoms with van der Waals surface area (Å²) in [5.41, 5.74) is -0.404. The van der Waals surface area contributed by atoms with Crippen LogP contribution in [0.15, 0.2) is 0 Å². The average molecular weight is 312 g/mol. The molecule has 0 heterocycles. The summed E-state index contributed by atoms with van der Waals surface area (Å²) < 4.78 is 0. The van der Waals surface area contributed by atoms with Crippen LogP contribution in [0.5, 0.6) is 0 Å². The minimum atomic E-state index is -0.895. The van der Waals surface area contributed by atoms with Crippen LogP contribution < -0.4 is 0 Å². The van der Waals surface area contributed by atoms with Gasteiger partial charge in [-0.3, -0.25) is 14.4 Å². The first-order chi connectivity index (χ1) is 10.1. The number of hydrogen-bond donors (Lipinski definition) is 1. The molecule has 0 aromatic carbocycles. The monoisotopic (exact) mass is 312 g/mol. The van der Waals surface area contributed by atoms with Crippen LogP contribution in [0.25, 0.3) is 0 Å². The lowest BCUT2D eigenvalue weighted by Gasteiger charge is -2.26. The van der Waals surface area contributed by atoms with Crippen LogP contribution in [0.2, 0.25) is 0 Å². The highest BCUT2D eigenvalue weighted by Crippen LogP contribution is 2.29. The molecule has 1 atom stereocenters. The number of aliphatic carboxylic acids is 1. The Kier molecular flexibility index (Phi) is 9.22. The summed E-state index contributed by atoms with van der Waals surface area (Å²) >= 11 is 0. The molecule has 0 radical (unpaired) electrons. The first-order valence-electron chi connectivity index (χ1n) is 8.33. The SMILES string of the molecule is CC(C)C(=O)CCCCCCC(=O)CC(C(=O)O)C(C)(C)C. The van der Waals surface area contributed by atoms with Crippen molar-refractivity contribution < 1.29 is 19.5 Å². The van der Waals surface area contributed by atoms with Crippen molar-refractivity contribution in [2.24, 2.45) is 17.3 Å². The zero-order chi connectivity index (χ0) is 17.3. The molecule has 0 fully saturated rings. The summed E-state index contributed by atoms with van der Waals surface area (Å²) in [7, 11) is 0. The van der Waals surface area contributed by atoms with Crippen molar-refractivity contribution in [2.45, 2.75) is 79.6 Å². The van der Waals surface area contributed by atoms with Gasteiger partial charge in [-0.2, -0.15) is 0 Å². The van der Waals surface area contributed by atoms with Crippen molar-refractivity contribution in [3.8, 4) is 0 Å². The van der Waals surface area contributed by atoms with Crippen LogP contribution >= 0.6 is 0 Å². The van der Waals surface area contributed by atoms with Crippen LogP contribution in [0, 0.1) is 17.3 Å². The molecule has 0 aromatic rings. The summed E-state index contributed by atoms with van der Waals surface area (Å²) in [5.74, 6) is -1.09. The van der Waals surface area contributed by atoms with E-state index in [4.69, 9.17) is 0 Å². The number of Topliss-reactive ketones (excluding diaryl/α,β-unsaturated/α-hetero) is 2. The third-order valence-electron chi connectivity index (χ3n) is 4.05. The van der Waals surface area contributed by atoms with Crippen molar-refractivity contribution in [1.29, 1.82) is 0 Å². The molecular weight excluding hydrogens is 280 g/mol. The maximum absolute atomic E-state index is 11.9. The Hall–Kier alpha value is -1.19. The molecule has 0 aliphatic carbocycles. The molecule has 1 unspecified atom stereocenters. The van der Waals surface area contributed by atoms with Crippen molar-refractivity contribution in [3.63, 3.8) is 0 Å². The molecule has 0 spiro atoms. The fourth-order valence-corrected chi connectivity index (χ4v) is 2.36. The molecule has 22 heavy (non-hydrogen) atoms. The molecular formula is C18H32O4. The topological polar surface area (TPSA) is 71.4 Å². The summed E-state index contributed by atoms with van der Waals surface area (Å²) in [5, 5.41) is 9.21. The highest BCUT2D eigenvalue weighted by molar-refractivity contribution is 5.84. The Labute approximate surface area is 134 Å². The van der Waals surface area contributed by atoms with Gasteiger partial charge in [-0.15, -0.1) is 0 Å². The number of rotatable bonds is 11. The summed E-state index contributed by atoms with van der Waals surface area (Å²) in [6.07, 6.45) is 4.72. The average Bonchev–Trinajstić information content (AvgIpc) is 2.37. The van der Waals surface area contributed by atoms with Gasteiger partial charge in [0.25, 0.3) is 0 Å². The number of carboxylic acid groups (broad SMARTS) is 1.